The maximum Gasteiger partial charge on any atom is 0.380 e. The molecule has 0 atom stereocenters. The molecule has 1 heterocycles. The van der Waals surface area contributed by atoms with Crippen molar-refractivity contribution in [3.8, 4) is 0 Å². The highest BCUT2D eigenvalue weighted by Crippen LogP contribution is 2.07. The van der Waals surface area contributed by atoms with Crippen LogP contribution >= 0.6 is 0 Å². The molecule has 0 aliphatic carbocycles. The number of para-hydroxylation sites is 1. The molecule has 2 aromatic rings. The first-order valence-corrected chi connectivity index (χ1v) is 3.84. The fraction of sp³-hybridized carbons (Fsp3) is 0.111. The molecule has 0 aliphatic rings. The zero-order valence-corrected chi connectivity index (χ0v) is 7.10. The van der Waals surface area contributed by atoms with Crippen LogP contribution in [-0.4, -0.2) is 16.8 Å². The number of fused-ring (bicyclic) bond motifs is 1. The number of aromatic nitrogens is 2. The molecule has 0 unspecified atom stereocenters. The summed E-state index contributed by atoms with van der Waals surface area (Å²) in [5, 5.41) is 0.879. The minimum Gasteiger partial charge on any atom is -0.412 e. The van der Waals surface area contributed by atoms with Gasteiger partial charge in [0, 0.05) is 11.6 Å². The van der Waals surface area contributed by atoms with Crippen molar-refractivity contribution < 1.29 is 4.84 Å². The first-order valence-electron chi connectivity index (χ1n) is 3.84. The SMILES string of the molecule is COn1c(=O)ncc2ccccc21. The zero-order valence-electron chi connectivity index (χ0n) is 7.10. The van der Waals surface area contributed by atoms with Crippen molar-refractivity contribution in [2.45, 2.75) is 0 Å². The topological polar surface area (TPSA) is 44.1 Å². The number of nitrogens with zero attached hydrogens (tertiary/aromatic N) is 2. The second-order valence-electron chi connectivity index (χ2n) is 2.58. The fourth-order valence-electron chi connectivity index (χ4n) is 1.24. The molecule has 1 aromatic carbocycles. The minimum absolute atomic E-state index is 0.402. The minimum atomic E-state index is -0.402. The van der Waals surface area contributed by atoms with Crippen LogP contribution in [0.4, 0.5) is 0 Å². The Morgan fingerprint density at radius 1 is 1.38 bits per heavy atom. The van der Waals surface area contributed by atoms with Gasteiger partial charge >= 0.3 is 5.69 Å². The summed E-state index contributed by atoms with van der Waals surface area (Å²) < 4.78 is 1.16. The van der Waals surface area contributed by atoms with E-state index in [4.69, 9.17) is 4.84 Å². The van der Waals surface area contributed by atoms with Crippen LogP contribution in [0.25, 0.3) is 10.9 Å². The zero-order chi connectivity index (χ0) is 9.26. The summed E-state index contributed by atoms with van der Waals surface area (Å²) in [4.78, 5) is 19.8. The van der Waals surface area contributed by atoms with Gasteiger partial charge < -0.3 is 4.84 Å². The lowest BCUT2D eigenvalue weighted by Crippen LogP contribution is -2.26. The summed E-state index contributed by atoms with van der Waals surface area (Å²) in [6.45, 7) is 0. The fourth-order valence-corrected chi connectivity index (χ4v) is 1.24. The maximum absolute atomic E-state index is 11.2. The second-order valence-corrected chi connectivity index (χ2v) is 2.58. The summed E-state index contributed by atoms with van der Waals surface area (Å²) >= 11 is 0. The summed E-state index contributed by atoms with van der Waals surface area (Å²) in [7, 11) is 1.44. The molecule has 0 spiro atoms. The first-order chi connectivity index (χ1) is 6.33. The van der Waals surface area contributed by atoms with Gasteiger partial charge in [-0.25, -0.2) is 4.79 Å². The highest BCUT2D eigenvalue weighted by molar-refractivity contribution is 5.77. The molecule has 1 aromatic heterocycles. The molecule has 13 heavy (non-hydrogen) atoms. The van der Waals surface area contributed by atoms with Gasteiger partial charge in [-0.15, -0.1) is 4.73 Å². The van der Waals surface area contributed by atoms with Crippen LogP contribution in [0.2, 0.25) is 0 Å². The van der Waals surface area contributed by atoms with E-state index in [1.54, 1.807) is 0 Å². The average Bonchev–Trinajstić information content (AvgIpc) is 2.18. The maximum atomic E-state index is 11.2. The Bertz CT molecular complexity index is 490. The summed E-state index contributed by atoms with van der Waals surface area (Å²) in [5.41, 5.74) is 0.325. The number of benzene rings is 1. The molecule has 4 nitrogen and oxygen atoms in total. The Hall–Kier alpha value is -1.84. The van der Waals surface area contributed by atoms with Crippen LogP contribution in [-0.2, 0) is 0 Å². The van der Waals surface area contributed by atoms with E-state index in [1.165, 1.54) is 13.3 Å². The highest BCUT2D eigenvalue weighted by Gasteiger charge is 2.01. The second kappa shape index (κ2) is 2.90. The van der Waals surface area contributed by atoms with Gasteiger partial charge in [0.2, 0.25) is 0 Å². The van der Waals surface area contributed by atoms with Gasteiger partial charge in [0.15, 0.2) is 0 Å². The number of rotatable bonds is 1. The van der Waals surface area contributed by atoms with E-state index in [0.717, 1.165) is 15.6 Å². The standard InChI is InChI=1S/C9H8N2O2/c1-13-11-8-5-3-2-4-7(8)6-10-9(11)12/h2-6H,1H3. The molecule has 0 saturated carbocycles. The monoisotopic (exact) mass is 176 g/mol. The van der Waals surface area contributed by atoms with Gasteiger partial charge in [0.25, 0.3) is 0 Å². The Morgan fingerprint density at radius 3 is 2.92 bits per heavy atom. The third kappa shape index (κ3) is 1.16. The van der Waals surface area contributed by atoms with E-state index < -0.39 is 5.69 Å². The van der Waals surface area contributed by atoms with Crippen LogP contribution in [0.5, 0.6) is 0 Å². The molecule has 66 valence electrons. The third-order valence-corrected chi connectivity index (χ3v) is 1.83. The molecule has 4 heteroatoms. The Morgan fingerprint density at radius 2 is 2.15 bits per heavy atom. The third-order valence-electron chi connectivity index (χ3n) is 1.83. The van der Waals surface area contributed by atoms with Crippen molar-refractivity contribution in [2.75, 3.05) is 7.11 Å². The van der Waals surface area contributed by atoms with Crippen molar-refractivity contribution in [3.63, 3.8) is 0 Å². The van der Waals surface area contributed by atoms with Gasteiger partial charge in [-0.2, -0.15) is 4.98 Å². The Labute approximate surface area is 74.4 Å². The van der Waals surface area contributed by atoms with Crippen molar-refractivity contribution in [1.82, 2.24) is 9.71 Å². The van der Waals surface area contributed by atoms with Crippen molar-refractivity contribution in [3.05, 3.63) is 40.9 Å². The summed E-state index contributed by atoms with van der Waals surface area (Å²) in [5.74, 6) is 0. The molecule has 0 saturated heterocycles. The van der Waals surface area contributed by atoms with Crippen molar-refractivity contribution >= 4 is 10.9 Å². The molecular weight excluding hydrogens is 168 g/mol. The van der Waals surface area contributed by atoms with E-state index in [-0.39, 0.29) is 0 Å². The van der Waals surface area contributed by atoms with Crippen LogP contribution in [0.1, 0.15) is 0 Å². The molecule has 0 N–H and O–H groups in total. The Balaban J connectivity index is 2.92. The van der Waals surface area contributed by atoms with Crippen LogP contribution < -0.4 is 10.5 Å². The predicted octanol–water partition coefficient (Wildman–Crippen LogP) is 0.455. The summed E-state index contributed by atoms with van der Waals surface area (Å²) in [6, 6.07) is 7.41. The molecular formula is C9H8N2O2. The van der Waals surface area contributed by atoms with E-state index in [0.29, 0.717) is 0 Å². The van der Waals surface area contributed by atoms with Crippen molar-refractivity contribution in [1.29, 1.82) is 0 Å². The van der Waals surface area contributed by atoms with Gasteiger partial charge in [-0.05, 0) is 6.07 Å². The van der Waals surface area contributed by atoms with E-state index in [1.807, 2.05) is 24.3 Å². The van der Waals surface area contributed by atoms with E-state index in [2.05, 4.69) is 4.98 Å². The van der Waals surface area contributed by atoms with Gasteiger partial charge in [0.05, 0.1) is 5.52 Å². The lowest BCUT2D eigenvalue weighted by atomic mass is 10.2. The normalized spacial score (nSPS) is 10.2. The molecule has 0 aliphatic heterocycles. The average molecular weight is 176 g/mol. The van der Waals surface area contributed by atoms with E-state index >= 15 is 0 Å². The highest BCUT2D eigenvalue weighted by atomic mass is 16.7. The Kier molecular flexibility index (Phi) is 1.73. The largest absolute Gasteiger partial charge is 0.412 e. The molecule has 0 radical (unpaired) electrons. The van der Waals surface area contributed by atoms with Gasteiger partial charge in [-0.1, -0.05) is 18.2 Å². The van der Waals surface area contributed by atoms with Crippen LogP contribution in [0.15, 0.2) is 35.3 Å². The molecule has 0 bridgehead atoms. The lowest BCUT2D eigenvalue weighted by Gasteiger charge is -2.05. The predicted molar refractivity (Wildman–Crippen MR) is 48.5 cm³/mol. The van der Waals surface area contributed by atoms with Gasteiger partial charge in [0.1, 0.15) is 7.11 Å². The quantitative estimate of drug-likeness (QED) is 0.633. The van der Waals surface area contributed by atoms with Crippen molar-refractivity contribution in [2.24, 2.45) is 0 Å². The van der Waals surface area contributed by atoms with Gasteiger partial charge in [-0.3, -0.25) is 0 Å². The van der Waals surface area contributed by atoms with Crippen LogP contribution in [0.3, 0.4) is 0 Å². The number of hydrogen-bond donors (Lipinski definition) is 0. The smallest absolute Gasteiger partial charge is 0.380 e. The molecule has 0 fully saturated rings. The summed E-state index contributed by atoms with van der Waals surface area (Å²) in [6.07, 6.45) is 1.53. The van der Waals surface area contributed by atoms with Crippen LogP contribution in [0, 0.1) is 0 Å². The van der Waals surface area contributed by atoms with E-state index in [9.17, 15) is 4.79 Å². The number of hydrogen-bond acceptors (Lipinski definition) is 3. The molecule has 2 rings (SSSR count). The lowest BCUT2D eigenvalue weighted by molar-refractivity contribution is 0.165. The molecule has 0 amide bonds. The first kappa shape index (κ1) is 7.79.